The van der Waals surface area contributed by atoms with E-state index in [1.54, 1.807) is 22.5 Å². The number of thioether (sulfide) groups is 1. The summed E-state index contributed by atoms with van der Waals surface area (Å²) in [6.07, 6.45) is 4.24. The first-order valence-electron chi connectivity index (χ1n) is 9.10. The predicted molar refractivity (Wildman–Crippen MR) is 109 cm³/mol. The molecule has 1 amide bonds. The Morgan fingerprint density at radius 2 is 2.14 bits per heavy atom. The first kappa shape index (κ1) is 20.9. The highest BCUT2D eigenvalue weighted by Crippen LogP contribution is 2.18. The third-order valence-corrected chi connectivity index (χ3v) is 5.00. The van der Waals surface area contributed by atoms with Crippen molar-refractivity contribution in [3.05, 3.63) is 65.8 Å². The van der Waals surface area contributed by atoms with E-state index in [-0.39, 0.29) is 18.6 Å². The number of amides is 1. The third-order valence-electron chi connectivity index (χ3n) is 4.18. The second-order valence-electron chi connectivity index (χ2n) is 6.22. The van der Waals surface area contributed by atoms with Crippen LogP contribution in [0.15, 0.2) is 65.2 Å². The molecule has 0 saturated carbocycles. The predicted octanol–water partition coefficient (Wildman–Crippen LogP) is 2.78. The summed E-state index contributed by atoms with van der Waals surface area (Å²) in [5, 5.41) is 1.79. The molecular weight excluding hydrogens is 392 g/mol. The summed E-state index contributed by atoms with van der Waals surface area (Å²) < 4.78 is 16.1. The Morgan fingerprint density at radius 3 is 2.93 bits per heavy atom. The minimum absolute atomic E-state index is 0.0592. The molecule has 1 unspecified atom stereocenters. The number of morpholine rings is 1. The number of esters is 1. The van der Waals surface area contributed by atoms with Gasteiger partial charge in [-0.25, -0.2) is 4.79 Å². The Labute approximate surface area is 173 Å². The highest BCUT2D eigenvalue weighted by atomic mass is 32.2. The number of hydrogen-bond donors (Lipinski definition) is 0. The Morgan fingerprint density at radius 1 is 1.31 bits per heavy atom. The van der Waals surface area contributed by atoms with Crippen molar-refractivity contribution in [2.24, 2.45) is 0 Å². The Balaban J connectivity index is 1.49. The normalized spacial score (nSPS) is 16.6. The van der Waals surface area contributed by atoms with Gasteiger partial charge in [-0.15, -0.1) is 0 Å². The molecule has 0 radical (unpaired) electrons. The van der Waals surface area contributed by atoms with Crippen LogP contribution in [-0.4, -0.2) is 61.3 Å². The third kappa shape index (κ3) is 6.33. The SMILES string of the molecule is COC(=O)c1cncc(OCC2CN(C(=O)/C=C/Sc3ccccc3)CCO2)c1. The van der Waals surface area contributed by atoms with Crippen LogP contribution < -0.4 is 4.74 Å². The molecule has 0 N–H and O–H groups in total. The van der Waals surface area contributed by atoms with Gasteiger partial charge in [-0.1, -0.05) is 30.0 Å². The quantitative estimate of drug-likeness (QED) is 0.392. The van der Waals surface area contributed by atoms with Gasteiger partial charge in [0.05, 0.1) is 32.0 Å². The van der Waals surface area contributed by atoms with E-state index < -0.39 is 5.97 Å². The number of rotatable bonds is 7. The molecule has 7 nitrogen and oxygen atoms in total. The Kier molecular flexibility index (Phi) is 7.66. The van der Waals surface area contributed by atoms with Crippen molar-refractivity contribution in [3.63, 3.8) is 0 Å². The van der Waals surface area contributed by atoms with Gasteiger partial charge in [0.1, 0.15) is 18.5 Å². The molecule has 1 atom stereocenters. The minimum Gasteiger partial charge on any atom is -0.489 e. The molecule has 1 aromatic carbocycles. The van der Waals surface area contributed by atoms with Gasteiger partial charge in [0.2, 0.25) is 5.91 Å². The maximum absolute atomic E-state index is 12.4. The summed E-state index contributed by atoms with van der Waals surface area (Å²) in [6, 6.07) is 11.4. The van der Waals surface area contributed by atoms with E-state index in [1.165, 1.54) is 31.3 Å². The fourth-order valence-corrected chi connectivity index (χ4v) is 3.37. The topological polar surface area (TPSA) is 78.0 Å². The van der Waals surface area contributed by atoms with Gasteiger partial charge < -0.3 is 19.1 Å². The van der Waals surface area contributed by atoms with Gasteiger partial charge >= 0.3 is 5.97 Å². The highest BCUT2D eigenvalue weighted by Gasteiger charge is 2.23. The lowest BCUT2D eigenvalue weighted by atomic mass is 10.2. The molecule has 0 aliphatic carbocycles. The maximum atomic E-state index is 12.4. The van der Waals surface area contributed by atoms with Gasteiger partial charge in [-0.05, 0) is 23.6 Å². The molecule has 1 aromatic heterocycles. The second-order valence-corrected chi connectivity index (χ2v) is 7.20. The molecule has 2 aromatic rings. The number of aromatic nitrogens is 1. The van der Waals surface area contributed by atoms with Crippen molar-refractivity contribution in [3.8, 4) is 5.75 Å². The molecule has 2 heterocycles. The summed E-state index contributed by atoms with van der Waals surface area (Å²) in [5.41, 5.74) is 0.312. The first-order chi connectivity index (χ1) is 14.2. The molecule has 1 aliphatic rings. The molecule has 8 heteroatoms. The number of carbonyl (C=O) groups excluding carboxylic acids is 2. The molecule has 1 saturated heterocycles. The van der Waals surface area contributed by atoms with Crippen molar-refractivity contribution in [1.29, 1.82) is 0 Å². The standard InChI is InChI=1S/C21H22N2O5S/c1-26-21(25)16-11-17(13-22-12-16)28-15-18-14-23(8-9-27-18)20(24)7-10-29-19-5-3-2-4-6-19/h2-7,10-13,18H,8-9,14-15H2,1H3/b10-7+. The van der Waals surface area contributed by atoms with Gasteiger partial charge in [-0.3, -0.25) is 9.78 Å². The number of benzene rings is 1. The Hall–Kier alpha value is -2.84. The zero-order valence-electron chi connectivity index (χ0n) is 16.0. The fraction of sp³-hybridized carbons (Fsp3) is 0.286. The van der Waals surface area contributed by atoms with Crippen molar-refractivity contribution in [2.75, 3.05) is 33.4 Å². The molecule has 1 fully saturated rings. The summed E-state index contributed by atoms with van der Waals surface area (Å²) in [5.74, 6) is -0.0935. The highest BCUT2D eigenvalue weighted by molar-refractivity contribution is 8.02. The van der Waals surface area contributed by atoms with E-state index in [1.807, 2.05) is 30.3 Å². The summed E-state index contributed by atoms with van der Waals surface area (Å²) in [6.45, 7) is 1.66. The van der Waals surface area contributed by atoms with Crippen LogP contribution in [0.25, 0.3) is 0 Å². The molecule has 29 heavy (non-hydrogen) atoms. The van der Waals surface area contributed by atoms with Crippen LogP contribution in [0.4, 0.5) is 0 Å². The van der Waals surface area contributed by atoms with Crippen molar-refractivity contribution in [1.82, 2.24) is 9.88 Å². The number of pyridine rings is 1. The van der Waals surface area contributed by atoms with Crippen LogP contribution >= 0.6 is 11.8 Å². The molecule has 0 spiro atoms. The lowest BCUT2D eigenvalue weighted by Crippen LogP contribution is -2.47. The summed E-state index contributed by atoms with van der Waals surface area (Å²) in [4.78, 5) is 30.8. The lowest BCUT2D eigenvalue weighted by molar-refractivity contribution is -0.134. The summed E-state index contributed by atoms with van der Waals surface area (Å²) >= 11 is 1.50. The fourth-order valence-electron chi connectivity index (χ4n) is 2.71. The van der Waals surface area contributed by atoms with Crippen LogP contribution in [0.3, 0.4) is 0 Å². The van der Waals surface area contributed by atoms with Crippen LogP contribution in [0.5, 0.6) is 5.75 Å². The van der Waals surface area contributed by atoms with Gasteiger partial charge in [0, 0.05) is 23.7 Å². The zero-order valence-corrected chi connectivity index (χ0v) is 16.8. The minimum atomic E-state index is -0.478. The van der Waals surface area contributed by atoms with E-state index in [2.05, 4.69) is 9.72 Å². The first-order valence-corrected chi connectivity index (χ1v) is 9.98. The summed E-state index contributed by atoms with van der Waals surface area (Å²) in [7, 11) is 1.31. The number of hydrogen-bond acceptors (Lipinski definition) is 7. The van der Waals surface area contributed by atoms with Gasteiger partial charge in [0.15, 0.2) is 0 Å². The van der Waals surface area contributed by atoms with E-state index >= 15 is 0 Å². The van der Waals surface area contributed by atoms with Crippen LogP contribution in [0.2, 0.25) is 0 Å². The number of nitrogens with zero attached hydrogens (tertiary/aromatic N) is 2. The molecular formula is C21H22N2O5S. The largest absolute Gasteiger partial charge is 0.489 e. The second kappa shape index (κ2) is 10.6. The molecule has 3 rings (SSSR count). The number of carbonyl (C=O) groups is 2. The van der Waals surface area contributed by atoms with E-state index in [0.717, 1.165) is 4.90 Å². The van der Waals surface area contributed by atoms with Crippen LogP contribution in [-0.2, 0) is 14.3 Å². The Bertz CT molecular complexity index is 859. The molecule has 0 bridgehead atoms. The smallest absolute Gasteiger partial charge is 0.339 e. The number of methoxy groups -OCH3 is 1. The van der Waals surface area contributed by atoms with Crippen molar-refractivity contribution >= 4 is 23.6 Å². The maximum Gasteiger partial charge on any atom is 0.339 e. The van der Waals surface area contributed by atoms with Crippen molar-refractivity contribution < 1.29 is 23.8 Å². The average Bonchev–Trinajstić information content (AvgIpc) is 2.78. The number of ether oxygens (including phenoxy) is 3. The van der Waals surface area contributed by atoms with Gasteiger partial charge in [-0.2, -0.15) is 0 Å². The lowest BCUT2D eigenvalue weighted by Gasteiger charge is -2.32. The monoisotopic (exact) mass is 414 g/mol. The zero-order chi connectivity index (χ0) is 20.5. The van der Waals surface area contributed by atoms with Crippen LogP contribution in [0.1, 0.15) is 10.4 Å². The van der Waals surface area contributed by atoms with Crippen LogP contribution in [0, 0.1) is 0 Å². The molecule has 152 valence electrons. The van der Waals surface area contributed by atoms with E-state index in [4.69, 9.17) is 9.47 Å². The van der Waals surface area contributed by atoms with Gasteiger partial charge in [0.25, 0.3) is 0 Å². The van der Waals surface area contributed by atoms with E-state index in [0.29, 0.717) is 31.0 Å². The van der Waals surface area contributed by atoms with Crippen molar-refractivity contribution in [2.45, 2.75) is 11.0 Å². The average molecular weight is 414 g/mol. The van der Waals surface area contributed by atoms with E-state index in [9.17, 15) is 9.59 Å². The molecule has 1 aliphatic heterocycles.